The Morgan fingerprint density at radius 2 is 2.13 bits per heavy atom. The first-order valence-electron chi connectivity index (χ1n) is 10.6. The lowest BCUT2D eigenvalue weighted by molar-refractivity contribution is 0.221. The van der Waals surface area contributed by atoms with Crippen LogP contribution in [0.2, 0.25) is 0 Å². The molecule has 0 saturated carbocycles. The molecule has 2 aliphatic rings. The van der Waals surface area contributed by atoms with Gasteiger partial charge >= 0.3 is 6.03 Å². The van der Waals surface area contributed by atoms with Crippen LogP contribution in [0.25, 0.3) is 5.65 Å². The minimum absolute atomic E-state index is 0.110. The Morgan fingerprint density at radius 1 is 1.26 bits per heavy atom. The summed E-state index contributed by atoms with van der Waals surface area (Å²) in [6.07, 6.45) is 6.53. The summed E-state index contributed by atoms with van der Waals surface area (Å²) in [6, 6.07) is 7.13. The zero-order valence-corrected chi connectivity index (χ0v) is 18.8. The largest absolute Gasteiger partial charge is 0.349 e. The van der Waals surface area contributed by atoms with Crippen molar-refractivity contribution < 1.29 is 9.18 Å². The molecule has 1 aromatic carbocycles. The third kappa shape index (κ3) is 3.86. The number of benzene rings is 1. The Balaban J connectivity index is 1.42. The number of amides is 2. The van der Waals surface area contributed by atoms with E-state index in [0.717, 1.165) is 50.3 Å². The predicted octanol–water partition coefficient (Wildman–Crippen LogP) is 4.85. The highest BCUT2D eigenvalue weighted by Gasteiger charge is 2.28. The van der Waals surface area contributed by atoms with Crippen molar-refractivity contribution in [1.29, 1.82) is 0 Å². The molecule has 1 N–H and O–H groups in total. The Morgan fingerprint density at radius 3 is 2.90 bits per heavy atom. The maximum atomic E-state index is 13.7. The molecule has 2 saturated heterocycles. The van der Waals surface area contributed by atoms with Crippen molar-refractivity contribution >= 4 is 39.1 Å². The summed E-state index contributed by atoms with van der Waals surface area (Å²) in [5.74, 6) is 1.08. The van der Waals surface area contributed by atoms with E-state index in [9.17, 15) is 9.18 Å². The molecular formula is C22H24BrFN6O. The number of hydrogen-bond donors (Lipinski definition) is 1. The number of carbonyl (C=O) groups is 1. The van der Waals surface area contributed by atoms with Gasteiger partial charge in [0.1, 0.15) is 17.3 Å². The van der Waals surface area contributed by atoms with E-state index in [1.54, 1.807) is 10.7 Å². The number of aromatic nitrogens is 3. The number of nitrogens with one attached hydrogen (secondary N) is 1. The molecule has 162 valence electrons. The zero-order valence-electron chi connectivity index (χ0n) is 17.3. The van der Waals surface area contributed by atoms with Crippen LogP contribution in [0.5, 0.6) is 0 Å². The highest BCUT2D eigenvalue weighted by Crippen LogP contribution is 2.37. The maximum Gasteiger partial charge on any atom is 0.321 e. The Bertz CT molecular complexity index is 1130. The highest BCUT2D eigenvalue weighted by molar-refractivity contribution is 9.10. The van der Waals surface area contributed by atoms with E-state index < -0.39 is 0 Å². The lowest BCUT2D eigenvalue weighted by Gasteiger charge is -2.26. The van der Waals surface area contributed by atoms with Crippen LogP contribution in [0.4, 0.5) is 20.7 Å². The van der Waals surface area contributed by atoms with E-state index >= 15 is 0 Å². The van der Waals surface area contributed by atoms with Crippen LogP contribution in [0.3, 0.4) is 0 Å². The van der Waals surface area contributed by atoms with Crippen LogP contribution in [0, 0.1) is 11.7 Å². The van der Waals surface area contributed by atoms with E-state index in [4.69, 9.17) is 4.98 Å². The smallest absolute Gasteiger partial charge is 0.321 e. The van der Waals surface area contributed by atoms with Gasteiger partial charge in [-0.2, -0.15) is 5.10 Å². The molecule has 0 aliphatic carbocycles. The predicted molar refractivity (Wildman–Crippen MR) is 121 cm³/mol. The molecule has 2 amide bonds. The van der Waals surface area contributed by atoms with Crippen LogP contribution < -0.4 is 10.2 Å². The molecular weight excluding hydrogens is 463 g/mol. The summed E-state index contributed by atoms with van der Waals surface area (Å²) in [5, 5.41) is 7.31. The molecule has 0 spiro atoms. The Labute approximate surface area is 188 Å². The van der Waals surface area contributed by atoms with Gasteiger partial charge in [-0.3, -0.25) is 0 Å². The molecule has 2 fully saturated rings. The maximum absolute atomic E-state index is 13.7. The fourth-order valence-corrected chi connectivity index (χ4v) is 4.92. The molecule has 0 unspecified atom stereocenters. The van der Waals surface area contributed by atoms with Gasteiger partial charge in [0, 0.05) is 25.8 Å². The zero-order chi connectivity index (χ0) is 21.5. The molecule has 9 heteroatoms. The van der Waals surface area contributed by atoms with Crippen LogP contribution in [-0.2, 0) is 0 Å². The van der Waals surface area contributed by atoms with Gasteiger partial charge in [-0.1, -0.05) is 13.0 Å². The lowest BCUT2D eigenvalue weighted by Crippen LogP contribution is -2.32. The Hall–Kier alpha value is -2.68. The van der Waals surface area contributed by atoms with E-state index in [1.165, 1.54) is 6.07 Å². The first-order valence-corrected chi connectivity index (χ1v) is 11.4. The summed E-state index contributed by atoms with van der Waals surface area (Å²) in [6.45, 7) is 4.56. The van der Waals surface area contributed by atoms with Crippen molar-refractivity contribution in [2.45, 2.75) is 32.2 Å². The van der Waals surface area contributed by atoms with Crippen molar-refractivity contribution in [3.63, 3.8) is 0 Å². The van der Waals surface area contributed by atoms with E-state index in [2.05, 4.69) is 38.2 Å². The number of likely N-dealkylation sites (tertiary alicyclic amines) is 1. The van der Waals surface area contributed by atoms with Crippen molar-refractivity contribution in [2.75, 3.05) is 29.9 Å². The van der Waals surface area contributed by atoms with Crippen LogP contribution in [0.15, 0.2) is 41.1 Å². The molecule has 0 radical (unpaired) electrons. The number of carbonyl (C=O) groups excluding carboxylic acids is 1. The molecule has 5 rings (SSSR count). The summed E-state index contributed by atoms with van der Waals surface area (Å²) in [7, 11) is 0. The molecule has 2 atom stereocenters. The monoisotopic (exact) mass is 486 g/mol. The number of hydrogen-bond acceptors (Lipinski definition) is 4. The summed E-state index contributed by atoms with van der Waals surface area (Å²) in [5.41, 5.74) is 2.27. The third-order valence-electron chi connectivity index (χ3n) is 6.18. The summed E-state index contributed by atoms with van der Waals surface area (Å²) >= 11 is 3.30. The number of rotatable bonds is 3. The van der Waals surface area contributed by atoms with Crippen molar-refractivity contribution in [3.05, 3.63) is 52.5 Å². The third-order valence-corrected chi connectivity index (χ3v) is 6.79. The van der Waals surface area contributed by atoms with Gasteiger partial charge in [0.2, 0.25) is 0 Å². The first kappa shape index (κ1) is 20.2. The van der Waals surface area contributed by atoms with Crippen LogP contribution in [0.1, 0.15) is 37.8 Å². The normalized spacial score (nSPS) is 21.3. The van der Waals surface area contributed by atoms with Crippen molar-refractivity contribution in [2.24, 2.45) is 5.92 Å². The second-order valence-electron chi connectivity index (χ2n) is 8.41. The first-order chi connectivity index (χ1) is 15.0. The minimum Gasteiger partial charge on any atom is -0.349 e. The fraction of sp³-hybridized carbons (Fsp3) is 0.409. The van der Waals surface area contributed by atoms with Crippen LogP contribution >= 0.6 is 15.9 Å². The SMILES string of the molecule is C[C@H]1CCN(C(=O)Nc2cnn3ccc(N4CCC[C@@H]4c4ccc(F)c(Br)c4)nc23)C1. The molecule has 7 nitrogen and oxygen atoms in total. The van der Waals surface area contributed by atoms with Crippen LogP contribution in [-0.4, -0.2) is 45.2 Å². The lowest BCUT2D eigenvalue weighted by atomic mass is 10.0. The summed E-state index contributed by atoms with van der Waals surface area (Å²) in [4.78, 5) is 21.5. The average molecular weight is 487 g/mol. The van der Waals surface area contributed by atoms with Gasteiger partial charge in [0.15, 0.2) is 5.65 Å². The second kappa shape index (κ2) is 8.11. The van der Waals surface area contributed by atoms with Gasteiger partial charge in [-0.05, 0) is 64.9 Å². The number of nitrogens with zero attached hydrogens (tertiary/aromatic N) is 5. The standard InChI is InChI=1S/C22H24BrFN6O/c1-14-6-9-28(13-14)22(31)26-18-12-25-30-10-7-20(27-21(18)30)29-8-2-3-19(29)15-4-5-17(24)16(23)11-15/h4-5,7,10-12,14,19H,2-3,6,8-9,13H2,1H3,(H,26,31)/t14-,19+/m0/s1. The molecule has 2 aromatic heterocycles. The average Bonchev–Trinajstić information content (AvgIpc) is 3.50. The van der Waals surface area contributed by atoms with Gasteiger partial charge < -0.3 is 15.1 Å². The number of fused-ring (bicyclic) bond motifs is 1. The molecule has 31 heavy (non-hydrogen) atoms. The number of anilines is 2. The molecule has 3 aromatic rings. The summed E-state index contributed by atoms with van der Waals surface area (Å²) < 4.78 is 15.8. The van der Waals surface area contributed by atoms with E-state index in [0.29, 0.717) is 21.7 Å². The van der Waals surface area contributed by atoms with Gasteiger partial charge in [-0.15, -0.1) is 0 Å². The van der Waals surface area contributed by atoms with E-state index in [1.807, 2.05) is 29.3 Å². The highest BCUT2D eigenvalue weighted by atomic mass is 79.9. The van der Waals surface area contributed by atoms with Crippen molar-refractivity contribution in [1.82, 2.24) is 19.5 Å². The molecule has 4 heterocycles. The minimum atomic E-state index is -0.264. The molecule has 0 bridgehead atoms. The molecule has 2 aliphatic heterocycles. The second-order valence-corrected chi connectivity index (χ2v) is 9.26. The fourth-order valence-electron chi connectivity index (χ4n) is 4.53. The quantitative estimate of drug-likeness (QED) is 0.574. The number of halogens is 2. The topological polar surface area (TPSA) is 65.8 Å². The van der Waals surface area contributed by atoms with Crippen molar-refractivity contribution in [3.8, 4) is 0 Å². The van der Waals surface area contributed by atoms with Gasteiger partial charge in [0.25, 0.3) is 0 Å². The van der Waals surface area contributed by atoms with Gasteiger partial charge in [-0.25, -0.2) is 18.7 Å². The number of urea groups is 1. The van der Waals surface area contributed by atoms with E-state index in [-0.39, 0.29) is 17.9 Å². The van der Waals surface area contributed by atoms with Gasteiger partial charge in [0.05, 0.1) is 16.7 Å². The Kier molecular flexibility index (Phi) is 5.29.